The number of rotatable bonds is 17. The predicted molar refractivity (Wildman–Crippen MR) is 200 cm³/mol. The van der Waals surface area contributed by atoms with Crippen molar-refractivity contribution in [3.05, 3.63) is 124 Å². The summed E-state index contributed by atoms with van der Waals surface area (Å²) in [5.41, 5.74) is 1.99. The molecule has 12 heteroatoms. The van der Waals surface area contributed by atoms with Gasteiger partial charge in [0.15, 0.2) is 0 Å². The number of nitriles is 1. The van der Waals surface area contributed by atoms with Gasteiger partial charge in [-0.1, -0.05) is 54.6 Å². The molecule has 4 aromatic rings. The van der Waals surface area contributed by atoms with Crippen molar-refractivity contribution in [3.8, 4) is 17.6 Å². The molecular formula is C40H49N4O7P. The summed E-state index contributed by atoms with van der Waals surface area (Å²) in [6.07, 6.45) is 2.07. The third-order valence-corrected chi connectivity index (χ3v) is 11.1. The van der Waals surface area contributed by atoms with Crippen molar-refractivity contribution in [2.24, 2.45) is 0 Å². The highest BCUT2D eigenvalue weighted by atomic mass is 31.2. The van der Waals surface area contributed by atoms with Gasteiger partial charge in [-0.25, -0.2) is 14.4 Å². The summed E-state index contributed by atoms with van der Waals surface area (Å²) < 4.78 is 41.9. The van der Waals surface area contributed by atoms with Crippen LogP contribution in [0.5, 0.6) is 11.5 Å². The second-order valence-electron chi connectivity index (χ2n) is 13.2. The van der Waals surface area contributed by atoms with Crippen LogP contribution < -0.4 is 15.2 Å². The van der Waals surface area contributed by atoms with E-state index < -0.39 is 38.3 Å². The van der Waals surface area contributed by atoms with Gasteiger partial charge in [0.25, 0.3) is 8.53 Å². The molecule has 276 valence electrons. The maximum atomic E-state index is 13.1. The Morgan fingerprint density at radius 3 is 2.06 bits per heavy atom. The molecule has 1 aliphatic heterocycles. The van der Waals surface area contributed by atoms with Gasteiger partial charge in [-0.15, -0.1) is 0 Å². The molecule has 1 fully saturated rings. The van der Waals surface area contributed by atoms with Crippen LogP contribution in [0.15, 0.2) is 96.1 Å². The van der Waals surface area contributed by atoms with E-state index >= 15 is 0 Å². The molecule has 0 spiro atoms. The second kappa shape index (κ2) is 18.1. The molecule has 3 aromatic carbocycles. The van der Waals surface area contributed by atoms with Crippen molar-refractivity contribution in [1.82, 2.24) is 14.2 Å². The standard InChI is InChI=1S/C40H49N4O7P/c1-28(2)44(29(3)4)52(49-23-11-22-41)51-36-24-38(43-26-30(5)25-42-39(43)45)50-37(36)27-48-40(31-12-9-8-10-13-31,32-14-18-34(46-6)19-15-32)33-16-20-35(47-7)21-17-33/h8-10,12-21,25-26,28-29,36-38H,11,23-24,27H2,1-7H3. The Morgan fingerprint density at radius 2 is 1.52 bits per heavy atom. The number of aromatic nitrogens is 2. The fraction of sp³-hybridized carbons (Fsp3) is 0.425. The van der Waals surface area contributed by atoms with Gasteiger partial charge in [-0.05, 0) is 81.1 Å². The summed E-state index contributed by atoms with van der Waals surface area (Å²) >= 11 is 0. The van der Waals surface area contributed by atoms with E-state index in [9.17, 15) is 10.1 Å². The first-order valence-electron chi connectivity index (χ1n) is 17.5. The number of benzene rings is 3. The Kier molecular flexibility index (Phi) is 13.6. The molecule has 4 unspecified atom stereocenters. The van der Waals surface area contributed by atoms with Gasteiger partial charge in [0.05, 0.1) is 46.0 Å². The highest BCUT2D eigenvalue weighted by molar-refractivity contribution is 7.44. The van der Waals surface area contributed by atoms with E-state index in [1.54, 1.807) is 26.6 Å². The van der Waals surface area contributed by atoms with Gasteiger partial charge in [-0.3, -0.25) is 4.57 Å². The maximum Gasteiger partial charge on any atom is 0.349 e. The fourth-order valence-electron chi connectivity index (χ4n) is 6.56. The number of hydrogen-bond acceptors (Lipinski definition) is 10. The summed E-state index contributed by atoms with van der Waals surface area (Å²) in [5.74, 6) is 1.44. The van der Waals surface area contributed by atoms with Crippen LogP contribution in [0.3, 0.4) is 0 Å². The first-order chi connectivity index (χ1) is 25.1. The summed E-state index contributed by atoms with van der Waals surface area (Å²) in [5, 5.41) is 9.29. The molecule has 0 N–H and O–H groups in total. The lowest BCUT2D eigenvalue weighted by molar-refractivity contribution is -0.0925. The van der Waals surface area contributed by atoms with Crippen LogP contribution in [0, 0.1) is 18.3 Å². The van der Waals surface area contributed by atoms with Crippen molar-refractivity contribution in [2.45, 2.75) is 83.6 Å². The van der Waals surface area contributed by atoms with Gasteiger partial charge in [0.1, 0.15) is 29.4 Å². The molecule has 0 saturated carbocycles. The average molecular weight is 729 g/mol. The van der Waals surface area contributed by atoms with Crippen LogP contribution in [0.4, 0.5) is 0 Å². The van der Waals surface area contributed by atoms with Crippen molar-refractivity contribution < 1.29 is 28.0 Å². The van der Waals surface area contributed by atoms with Crippen LogP contribution >= 0.6 is 8.53 Å². The van der Waals surface area contributed by atoms with Gasteiger partial charge < -0.3 is 28.0 Å². The number of aryl methyl sites for hydroxylation is 1. The van der Waals surface area contributed by atoms with Crippen molar-refractivity contribution in [3.63, 3.8) is 0 Å². The summed E-state index contributed by atoms with van der Waals surface area (Å²) in [4.78, 5) is 17.1. The molecule has 11 nitrogen and oxygen atoms in total. The van der Waals surface area contributed by atoms with Crippen molar-refractivity contribution in [2.75, 3.05) is 27.4 Å². The van der Waals surface area contributed by atoms with Crippen LogP contribution in [0.25, 0.3) is 0 Å². The molecule has 0 bridgehead atoms. The number of nitrogens with zero attached hydrogens (tertiary/aromatic N) is 4. The van der Waals surface area contributed by atoms with Crippen LogP contribution in [0.1, 0.15) is 69.0 Å². The lowest BCUT2D eigenvalue weighted by Crippen LogP contribution is -2.39. The zero-order valence-corrected chi connectivity index (χ0v) is 31.9. The highest BCUT2D eigenvalue weighted by Gasteiger charge is 2.45. The maximum absolute atomic E-state index is 13.1. The fourth-order valence-corrected chi connectivity index (χ4v) is 8.32. The van der Waals surface area contributed by atoms with E-state index in [4.69, 9.17) is 28.0 Å². The zero-order chi connectivity index (χ0) is 37.3. The SMILES string of the molecule is COc1ccc(C(OCC2OC(n3cc(C)cnc3=O)CC2OP(OCCC#N)N(C(C)C)C(C)C)(c2ccccc2)c2ccc(OC)cc2)cc1. The minimum absolute atomic E-state index is 0.0901. The molecule has 1 aromatic heterocycles. The van der Waals surface area contributed by atoms with Gasteiger partial charge in [0, 0.05) is 30.9 Å². The van der Waals surface area contributed by atoms with Gasteiger partial charge >= 0.3 is 5.69 Å². The van der Waals surface area contributed by atoms with Crippen molar-refractivity contribution in [1.29, 1.82) is 5.26 Å². The molecule has 5 rings (SSSR count). The normalized spacial score (nSPS) is 18.1. The third-order valence-electron chi connectivity index (χ3n) is 8.96. The van der Waals surface area contributed by atoms with Gasteiger partial charge in [0.2, 0.25) is 0 Å². The Labute approximate surface area is 308 Å². The Morgan fingerprint density at radius 1 is 0.942 bits per heavy atom. The van der Waals surface area contributed by atoms with E-state index in [1.807, 2.05) is 85.8 Å². The lowest BCUT2D eigenvalue weighted by Gasteiger charge is -2.39. The first kappa shape index (κ1) is 39.1. The average Bonchev–Trinajstić information content (AvgIpc) is 3.55. The quantitative estimate of drug-likeness (QED) is 0.0614. The Bertz CT molecular complexity index is 1760. The summed E-state index contributed by atoms with van der Waals surface area (Å²) in [6, 6.07) is 28.1. The van der Waals surface area contributed by atoms with Crippen LogP contribution in [-0.2, 0) is 24.1 Å². The van der Waals surface area contributed by atoms with Crippen LogP contribution in [-0.4, -0.2) is 65.9 Å². The number of hydrogen-bond donors (Lipinski definition) is 0. The van der Waals surface area contributed by atoms with E-state index in [0.29, 0.717) is 6.42 Å². The smallest absolute Gasteiger partial charge is 0.349 e. The largest absolute Gasteiger partial charge is 0.497 e. The second-order valence-corrected chi connectivity index (χ2v) is 14.6. The molecule has 1 saturated heterocycles. The number of methoxy groups -OCH3 is 2. The predicted octanol–water partition coefficient (Wildman–Crippen LogP) is 7.53. The molecule has 0 aliphatic carbocycles. The molecule has 4 atom stereocenters. The lowest BCUT2D eigenvalue weighted by atomic mass is 9.80. The van der Waals surface area contributed by atoms with E-state index in [-0.39, 0.29) is 31.7 Å². The van der Waals surface area contributed by atoms with E-state index in [2.05, 4.69) is 43.4 Å². The first-order valence-corrected chi connectivity index (χ1v) is 18.7. The molecule has 52 heavy (non-hydrogen) atoms. The van der Waals surface area contributed by atoms with E-state index in [1.165, 1.54) is 4.57 Å². The van der Waals surface area contributed by atoms with Gasteiger partial charge in [-0.2, -0.15) is 5.26 Å². The topological polar surface area (TPSA) is 117 Å². The molecule has 2 heterocycles. The minimum Gasteiger partial charge on any atom is -0.497 e. The van der Waals surface area contributed by atoms with Crippen molar-refractivity contribution >= 4 is 8.53 Å². The van der Waals surface area contributed by atoms with E-state index in [0.717, 1.165) is 33.8 Å². The minimum atomic E-state index is -1.62. The monoisotopic (exact) mass is 728 g/mol. The Hall–Kier alpha value is -4.14. The molecule has 0 radical (unpaired) electrons. The Balaban J connectivity index is 1.59. The number of ether oxygens (including phenoxy) is 4. The van der Waals surface area contributed by atoms with Crippen LogP contribution in [0.2, 0.25) is 0 Å². The summed E-state index contributed by atoms with van der Waals surface area (Å²) in [7, 11) is 1.66. The molecule has 1 aliphatic rings. The zero-order valence-electron chi connectivity index (χ0n) is 31.0. The molecule has 0 amide bonds. The summed E-state index contributed by atoms with van der Waals surface area (Å²) in [6.45, 7) is 10.6. The third kappa shape index (κ3) is 8.89. The highest BCUT2D eigenvalue weighted by Crippen LogP contribution is 2.50. The molecular weight excluding hydrogens is 679 g/mol.